The third kappa shape index (κ3) is 3.66. The van der Waals surface area contributed by atoms with Crippen LogP contribution in [-0.2, 0) is 0 Å². The minimum Gasteiger partial charge on any atom is -0.382 e. The van der Waals surface area contributed by atoms with Crippen molar-refractivity contribution in [2.75, 3.05) is 11.9 Å². The lowest BCUT2D eigenvalue weighted by Crippen LogP contribution is -2.25. The van der Waals surface area contributed by atoms with Crippen LogP contribution in [0, 0.1) is 40.7 Å². The Bertz CT molecular complexity index is 468. The monoisotopic (exact) mass is 266 g/mol. The number of nitriles is 1. The first-order chi connectivity index (χ1) is 8.88. The Morgan fingerprint density at radius 3 is 2.16 bits per heavy atom. The molecular weight excluding hydrogens is 246 g/mol. The number of hydrogen-bond acceptors (Lipinski definition) is 2. The molecule has 4 heteroatoms. The lowest BCUT2D eigenvalue weighted by Gasteiger charge is -2.25. The summed E-state index contributed by atoms with van der Waals surface area (Å²) in [5, 5.41) is 11.6. The van der Waals surface area contributed by atoms with Gasteiger partial charge in [-0.05, 0) is 29.9 Å². The zero-order chi connectivity index (χ0) is 14.6. The minimum atomic E-state index is -1.09. The maximum Gasteiger partial charge on any atom is 0.183 e. The van der Waals surface area contributed by atoms with Crippen molar-refractivity contribution < 1.29 is 8.78 Å². The van der Waals surface area contributed by atoms with E-state index in [9.17, 15) is 8.78 Å². The van der Waals surface area contributed by atoms with E-state index in [-0.39, 0.29) is 11.3 Å². The molecule has 1 rings (SSSR count). The molecule has 0 unspecified atom stereocenters. The standard InChI is InChI=1S/C15H20F2N2/c1-9(2)12(10(3)4)8-19-13-6-5-11(7-18)14(16)15(13)17/h5-6,9-10,12,19H,8H2,1-4H3. The molecule has 0 spiro atoms. The Hall–Kier alpha value is -1.63. The molecule has 1 N–H and O–H groups in total. The molecule has 2 nitrogen and oxygen atoms in total. The number of nitrogens with zero attached hydrogens (tertiary/aromatic N) is 1. The Balaban J connectivity index is 2.84. The first-order valence-electron chi connectivity index (χ1n) is 6.50. The van der Waals surface area contributed by atoms with E-state index in [2.05, 4.69) is 33.0 Å². The van der Waals surface area contributed by atoms with E-state index < -0.39 is 11.6 Å². The summed E-state index contributed by atoms with van der Waals surface area (Å²) in [6.07, 6.45) is 0. The summed E-state index contributed by atoms with van der Waals surface area (Å²) in [5.41, 5.74) is -0.157. The second kappa shape index (κ2) is 6.51. The van der Waals surface area contributed by atoms with Gasteiger partial charge in [-0.15, -0.1) is 0 Å². The van der Waals surface area contributed by atoms with Crippen LogP contribution >= 0.6 is 0 Å². The van der Waals surface area contributed by atoms with E-state index in [0.29, 0.717) is 24.3 Å². The van der Waals surface area contributed by atoms with E-state index >= 15 is 0 Å². The van der Waals surface area contributed by atoms with Gasteiger partial charge in [0.15, 0.2) is 11.6 Å². The first-order valence-corrected chi connectivity index (χ1v) is 6.50. The minimum absolute atomic E-state index is 0.114. The highest BCUT2D eigenvalue weighted by Crippen LogP contribution is 2.24. The van der Waals surface area contributed by atoms with E-state index in [1.165, 1.54) is 12.1 Å². The van der Waals surface area contributed by atoms with Crippen LogP contribution in [0.4, 0.5) is 14.5 Å². The van der Waals surface area contributed by atoms with Gasteiger partial charge >= 0.3 is 0 Å². The molecule has 0 saturated heterocycles. The lowest BCUT2D eigenvalue weighted by atomic mass is 9.85. The average molecular weight is 266 g/mol. The van der Waals surface area contributed by atoms with Crippen molar-refractivity contribution in [1.82, 2.24) is 0 Å². The van der Waals surface area contributed by atoms with Crippen molar-refractivity contribution in [3.8, 4) is 6.07 Å². The molecular formula is C15H20F2N2. The van der Waals surface area contributed by atoms with Gasteiger partial charge in [-0.25, -0.2) is 8.78 Å². The summed E-state index contributed by atoms with van der Waals surface area (Å²) >= 11 is 0. The van der Waals surface area contributed by atoms with E-state index in [0.717, 1.165) is 0 Å². The van der Waals surface area contributed by atoms with Gasteiger partial charge in [-0.1, -0.05) is 27.7 Å². The maximum absolute atomic E-state index is 13.7. The molecule has 1 aromatic carbocycles. The zero-order valence-corrected chi connectivity index (χ0v) is 11.8. The maximum atomic E-state index is 13.7. The van der Waals surface area contributed by atoms with Crippen LogP contribution in [0.3, 0.4) is 0 Å². The number of halogens is 2. The van der Waals surface area contributed by atoms with E-state index in [1.54, 1.807) is 6.07 Å². The second-order valence-corrected chi connectivity index (χ2v) is 5.43. The Morgan fingerprint density at radius 1 is 1.11 bits per heavy atom. The summed E-state index contributed by atoms with van der Waals surface area (Å²) in [7, 11) is 0. The fourth-order valence-corrected chi connectivity index (χ4v) is 2.24. The van der Waals surface area contributed by atoms with Crippen LogP contribution < -0.4 is 5.32 Å². The van der Waals surface area contributed by atoms with Crippen molar-refractivity contribution in [2.45, 2.75) is 27.7 Å². The highest BCUT2D eigenvalue weighted by Gasteiger charge is 2.19. The van der Waals surface area contributed by atoms with Crippen molar-refractivity contribution in [2.24, 2.45) is 17.8 Å². The molecule has 0 radical (unpaired) electrons. The molecule has 0 fully saturated rings. The summed E-state index contributed by atoms with van der Waals surface area (Å²) in [4.78, 5) is 0. The third-order valence-corrected chi connectivity index (χ3v) is 3.44. The Morgan fingerprint density at radius 2 is 1.68 bits per heavy atom. The third-order valence-electron chi connectivity index (χ3n) is 3.44. The van der Waals surface area contributed by atoms with Crippen molar-refractivity contribution in [1.29, 1.82) is 5.26 Å². The average Bonchev–Trinajstić information content (AvgIpc) is 2.34. The molecule has 0 saturated carbocycles. The fourth-order valence-electron chi connectivity index (χ4n) is 2.24. The Labute approximate surface area is 113 Å². The van der Waals surface area contributed by atoms with Crippen molar-refractivity contribution >= 4 is 5.69 Å². The van der Waals surface area contributed by atoms with Crippen LogP contribution in [0.1, 0.15) is 33.3 Å². The molecule has 0 aromatic heterocycles. The molecule has 0 atom stereocenters. The molecule has 19 heavy (non-hydrogen) atoms. The van der Waals surface area contributed by atoms with Crippen LogP contribution in [0.15, 0.2) is 12.1 Å². The predicted molar refractivity (Wildman–Crippen MR) is 72.7 cm³/mol. The molecule has 1 aromatic rings. The SMILES string of the molecule is CC(C)C(CNc1ccc(C#N)c(F)c1F)C(C)C. The number of rotatable bonds is 5. The quantitative estimate of drug-likeness (QED) is 0.868. The Kier molecular flexibility index (Phi) is 5.29. The molecule has 0 amide bonds. The largest absolute Gasteiger partial charge is 0.382 e. The van der Waals surface area contributed by atoms with Gasteiger partial charge in [-0.2, -0.15) is 5.26 Å². The number of hydrogen-bond donors (Lipinski definition) is 1. The number of anilines is 1. The van der Waals surface area contributed by atoms with E-state index in [4.69, 9.17) is 5.26 Å². The molecule has 0 heterocycles. The molecule has 0 bridgehead atoms. The summed E-state index contributed by atoms with van der Waals surface area (Å²) in [6, 6.07) is 4.33. The molecule has 104 valence electrons. The zero-order valence-electron chi connectivity index (χ0n) is 11.8. The number of nitrogens with one attached hydrogen (secondary N) is 1. The van der Waals surface area contributed by atoms with Crippen LogP contribution in [-0.4, -0.2) is 6.54 Å². The molecule has 0 aliphatic heterocycles. The second-order valence-electron chi connectivity index (χ2n) is 5.43. The van der Waals surface area contributed by atoms with Gasteiger partial charge < -0.3 is 5.32 Å². The predicted octanol–water partition coefficient (Wildman–Crippen LogP) is 4.18. The van der Waals surface area contributed by atoms with Crippen LogP contribution in [0.2, 0.25) is 0 Å². The first kappa shape index (κ1) is 15.4. The molecule has 0 aliphatic carbocycles. The highest BCUT2D eigenvalue weighted by molar-refractivity contribution is 5.49. The summed E-state index contributed by atoms with van der Waals surface area (Å²) in [6.45, 7) is 9.03. The van der Waals surface area contributed by atoms with Crippen molar-refractivity contribution in [3.05, 3.63) is 29.3 Å². The van der Waals surface area contributed by atoms with Gasteiger partial charge in [0.25, 0.3) is 0 Å². The normalized spacial score (nSPS) is 11.2. The lowest BCUT2D eigenvalue weighted by molar-refractivity contribution is 0.304. The summed E-state index contributed by atoms with van der Waals surface area (Å²) in [5.74, 6) is -0.779. The summed E-state index contributed by atoms with van der Waals surface area (Å²) < 4.78 is 27.2. The topological polar surface area (TPSA) is 35.8 Å². The molecule has 0 aliphatic rings. The van der Waals surface area contributed by atoms with Crippen LogP contribution in [0.25, 0.3) is 0 Å². The van der Waals surface area contributed by atoms with Gasteiger partial charge in [0, 0.05) is 6.54 Å². The smallest absolute Gasteiger partial charge is 0.183 e. The van der Waals surface area contributed by atoms with Gasteiger partial charge in [0.05, 0.1) is 11.3 Å². The van der Waals surface area contributed by atoms with Crippen molar-refractivity contribution in [3.63, 3.8) is 0 Å². The highest BCUT2D eigenvalue weighted by atomic mass is 19.2. The van der Waals surface area contributed by atoms with Crippen LogP contribution in [0.5, 0.6) is 0 Å². The van der Waals surface area contributed by atoms with Gasteiger partial charge in [0.2, 0.25) is 0 Å². The van der Waals surface area contributed by atoms with Gasteiger partial charge in [0.1, 0.15) is 6.07 Å². The number of benzene rings is 1. The fraction of sp³-hybridized carbons (Fsp3) is 0.533. The van der Waals surface area contributed by atoms with E-state index in [1.807, 2.05) is 0 Å². The van der Waals surface area contributed by atoms with Gasteiger partial charge in [-0.3, -0.25) is 0 Å².